The van der Waals surface area contributed by atoms with Crippen molar-refractivity contribution >= 4 is 21.9 Å². The second-order valence-electron chi connectivity index (χ2n) is 9.49. The third-order valence-corrected chi connectivity index (χ3v) is 7.39. The molecule has 2 aliphatic rings. The summed E-state index contributed by atoms with van der Waals surface area (Å²) in [6, 6.07) is 12.0. The van der Waals surface area contributed by atoms with E-state index < -0.39 is 0 Å². The number of hydrogen-bond donors (Lipinski definition) is 0. The summed E-state index contributed by atoms with van der Waals surface area (Å²) >= 11 is 0. The molecule has 0 radical (unpaired) electrons. The van der Waals surface area contributed by atoms with Crippen LogP contribution < -0.4 is 4.57 Å². The van der Waals surface area contributed by atoms with Gasteiger partial charge in [0, 0.05) is 6.07 Å². The van der Waals surface area contributed by atoms with Gasteiger partial charge in [0.25, 0.3) is 0 Å². The molecule has 1 fully saturated rings. The average molecular weight is 383 g/mol. The third kappa shape index (κ3) is 2.94. The summed E-state index contributed by atoms with van der Waals surface area (Å²) in [5.74, 6) is 0.880. The van der Waals surface area contributed by atoms with Crippen LogP contribution in [0.25, 0.3) is 21.9 Å². The first-order valence-electron chi connectivity index (χ1n) is 11.2. The van der Waals surface area contributed by atoms with Crippen molar-refractivity contribution in [3.05, 3.63) is 75.6 Å². The number of aryl methyl sites for hydroxylation is 3. The van der Waals surface area contributed by atoms with E-state index in [0.29, 0.717) is 0 Å². The maximum atomic E-state index is 2.50. The monoisotopic (exact) mass is 382 g/mol. The van der Waals surface area contributed by atoms with Gasteiger partial charge >= 0.3 is 0 Å². The molecule has 1 saturated carbocycles. The van der Waals surface area contributed by atoms with Gasteiger partial charge < -0.3 is 0 Å². The minimum atomic E-state index is 0.880. The van der Waals surface area contributed by atoms with Gasteiger partial charge in [0.2, 0.25) is 5.69 Å². The lowest BCUT2D eigenvalue weighted by Crippen LogP contribution is -2.32. The van der Waals surface area contributed by atoms with Crippen LogP contribution in [-0.4, -0.2) is 0 Å². The minimum absolute atomic E-state index is 0.880. The van der Waals surface area contributed by atoms with E-state index in [9.17, 15) is 0 Å². The predicted molar refractivity (Wildman–Crippen MR) is 123 cm³/mol. The largest absolute Gasteiger partial charge is 0.221 e. The van der Waals surface area contributed by atoms with Crippen LogP contribution in [-0.2, 0) is 13.5 Å². The highest BCUT2D eigenvalue weighted by molar-refractivity contribution is 6.15. The van der Waals surface area contributed by atoms with Crippen molar-refractivity contribution in [3.8, 4) is 0 Å². The van der Waals surface area contributed by atoms with Crippen molar-refractivity contribution in [1.82, 2.24) is 0 Å². The van der Waals surface area contributed by atoms with Gasteiger partial charge in [-0.2, -0.15) is 0 Å². The summed E-state index contributed by atoms with van der Waals surface area (Å²) in [5, 5.41) is 2.84. The van der Waals surface area contributed by atoms with E-state index in [0.717, 1.165) is 5.92 Å². The summed E-state index contributed by atoms with van der Waals surface area (Å²) in [5.41, 5.74) is 12.8. The summed E-state index contributed by atoms with van der Waals surface area (Å²) < 4.78 is 2.32. The van der Waals surface area contributed by atoms with Gasteiger partial charge in [-0.15, -0.1) is 0 Å². The highest BCUT2D eigenvalue weighted by Gasteiger charge is 2.32. The molecule has 0 amide bonds. The summed E-state index contributed by atoms with van der Waals surface area (Å²) in [4.78, 5) is 0. The summed E-state index contributed by atoms with van der Waals surface area (Å²) in [6.07, 6.45) is 9.14. The molecule has 1 nitrogen and oxygen atoms in total. The molecule has 1 aromatic heterocycles. The third-order valence-electron chi connectivity index (χ3n) is 7.39. The van der Waals surface area contributed by atoms with Crippen molar-refractivity contribution in [2.45, 2.75) is 59.8 Å². The molecule has 0 aliphatic heterocycles. The molecule has 5 rings (SSSR count). The van der Waals surface area contributed by atoms with Crippen molar-refractivity contribution in [1.29, 1.82) is 0 Å². The summed E-state index contributed by atoms with van der Waals surface area (Å²) in [6.45, 7) is 9.07. The lowest BCUT2D eigenvalue weighted by Gasteiger charge is -2.13. The van der Waals surface area contributed by atoms with Gasteiger partial charge in [-0.25, -0.2) is 4.57 Å². The van der Waals surface area contributed by atoms with E-state index >= 15 is 0 Å². The number of hydrogen-bond acceptors (Lipinski definition) is 0. The lowest BCUT2D eigenvalue weighted by molar-refractivity contribution is -0.672. The van der Waals surface area contributed by atoms with Gasteiger partial charge in [-0.1, -0.05) is 55.5 Å². The van der Waals surface area contributed by atoms with Gasteiger partial charge in [-0.05, 0) is 78.8 Å². The number of rotatable bonds is 3. The van der Waals surface area contributed by atoms with Crippen molar-refractivity contribution in [3.63, 3.8) is 0 Å². The van der Waals surface area contributed by atoms with Crippen LogP contribution in [0.15, 0.2) is 36.5 Å². The lowest BCUT2D eigenvalue weighted by atomic mass is 9.91. The van der Waals surface area contributed by atoms with E-state index in [1.54, 1.807) is 0 Å². The maximum absolute atomic E-state index is 2.50. The predicted octanol–water partition coefficient (Wildman–Crippen LogP) is 6.61. The molecule has 0 bridgehead atoms. The Morgan fingerprint density at radius 3 is 2.45 bits per heavy atom. The van der Waals surface area contributed by atoms with Crippen LogP contribution >= 0.6 is 0 Å². The Morgan fingerprint density at radius 1 is 0.931 bits per heavy atom. The van der Waals surface area contributed by atoms with E-state index in [1.165, 1.54) is 93.1 Å². The standard InChI is InChI=1S/C28H32N/c1-17-12-18(2)19(3)24(13-17)26-20(4)25-16-22(14-21-8-6-7-9-21)15-23-10-11-29(5)28(26)27(23)25/h10-13,15-16,21H,6-9,14H2,1-5H3/q+1. The zero-order valence-electron chi connectivity index (χ0n) is 18.5. The Kier molecular flexibility index (Phi) is 4.38. The average Bonchev–Trinajstić information content (AvgIpc) is 3.29. The Morgan fingerprint density at radius 2 is 1.69 bits per heavy atom. The zero-order chi connectivity index (χ0) is 20.3. The molecule has 0 saturated heterocycles. The molecular weight excluding hydrogens is 350 g/mol. The van der Waals surface area contributed by atoms with E-state index in [4.69, 9.17) is 0 Å². The van der Waals surface area contributed by atoms with E-state index in [1.807, 2.05) is 0 Å². The number of benzene rings is 2. The second-order valence-corrected chi connectivity index (χ2v) is 9.49. The van der Waals surface area contributed by atoms with Crippen LogP contribution in [0.5, 0.6) is 0 Å². The number of aromatic nitrogens is 1. The summed E-state index contributed by atoms with van der Waals surface area (Å²) in [7, 11) is 2.20. The molecule has 0 atom stereocenters. The molecule has 0 N–H and O–H groups in total. The minimum Gasteiger partial charge on any atom is -0.200 e. The molecule has 0 unspecified atom stereocenters. The number of pyridine rings is 1. The molecule has 1 heteroatoms. The van der Waals surface area contributed by atoms with Crippen LogP contribution in [0, 0.1) is 26.7 Å². The van der Waals surface area contributed by atoms with E-state index in [-0.39, 0.29) is 0 Å². The van der Waals surface area contributed by atoms with Gasteiger partial charge in [0.15, 0.2) is 6.20 Å². The molecule has 148 valence electrons. The Bertz CT molecular complexity index is 1170. The molecule has 0 spiro atoms. The fraction of sp³-hybridized carbons (Fsp3) is 0.393. The molecular formula is C28H32N+. The first-order chi connectivity index (χ1) is 13.9. The van der Waals surface area contributed by atoms with E-state index in [2.05, 4.69) is 75.8 Å². The number of allylic oxidation sites excluding steroid dienone is 1. The Hall–Kier alpha value is -2.41. The topological polar surface area (TPSA) is 3.88 Å². The molecule has 3 aromatic rings. The van der Waals surface area contributed by atoms with Gasteiger partial charge in [0.05, 0.1) is 11.0 Å². The van der Waals surface area contributed by atoms with Crippen molar-refractivity contribution in [2.24, 2.45) is 13.0 Å². The van der Waals surface area contributed by atoms with Crippen molar-refractivity contribution in [2.75, 3.05) is 0 Å². The first-order valence-corrected chi connectivity index (χ1v) is 11.2. The SMILES string of the molecule is CC1=C(c2cc(C)cc(C)c2C)c2c3c1cc(CC1CCCC1)cc3cc[n+]2C. The highest BCUT2D eigenvalue weighted by atomic mass is 14.9. The van der Waals surface area contributed by atoms with Crippen LogP contribution in [0.1, 0.15) is 71.7 Å². The Balaban J connectivity index is 1.74. The smallest absolute Gasteiger partial charge is 0.200 e. The van der Waals surface area contributed by atoms with Crippen LogP contribution in [0.3, 0.4) is 0 Å². The molecule has 1 heterocycles. The van der Waals surface area contributed by atoms with Crippen LogP contribution in [0.2, 0.25) is 0 Å². The zero-order valence-corrected chi connectivity index (χ0v) is 18.5. The van der Waals surface area contributed by atoms with Gasteiger partial charge in [0.1, 0.15) is 7.05 Å². The van der Waals surface area contributed by atoms with Gasteiger partial charge in [-0.3, -0.25) is 0 Å². The number of nitrogens with zero attached hydrogens (tertiary/aromatic N) is 1. The molecule has 29 heavy (non-hydrogen) atoms. The molecule has 2 aromatic carbocycles. The highest BCUT2D eigenvalue weighted by Crippen LogP contribution is 2.45. The maximum Gasteiger partial charge on any atom is 0.221 e. The first kappa shape index (κ1) is 18.6. The quantitative estimate of drug-likeness (QED) is 0.448. The molecule has 2 aliphatic carbocycles. The fourth-order valence-electron chi connectivity index (χ4n) is 5.77. The normalized spacial score (nSPS) is 16.4. The Labute approximate surface area is 175 Å². The fourth-order valence-corrected chi connectivity index (χ4v) is 5.77. The van der Waals surface area contributed by atoms with Crippen molar-refractivity contribution < 1.29 is 4.57 Å². The second kappa shape index (κ2) is 6.83. The van der Waals surface area contributed by atoms with Crippen LogP contribution in [0.4, 0.5) is 0 Å².